The van der Waals surface area contributed by atoms with Crippen LogP contribution < -0.4 is 5.32 Å². The monoisotopic (exact) mass is 389 g/mol. The summed E-state index contributed by atoms with van der Waals surface area (Å²) in [4.78, 5) is 24.2. The van der Waals surface area contributed by atoms with Crippen molar-refractivity contribution in [2.75, 3.05) is 12.8 Å². The van der Waals surface area contributed by atoms with Crippen molar-refractivity contribution in [2.24, 2.45) is 0 Å². The summed E-state index contributed by atoms with van der Waals surface area (Å²) in [6, 6.07) is 15.8. The van der Waals surface area contributed by atoms with Crippen molar-refractivity contribution < 1.29 is 22.7 Å². The normalized spacial score (nSPS) is 12.2. The third-order valence-electron chi connectivity index (χ3n) is 3.83. The number of esters is 1. The van der Waals surface area contributed by atoms with Crippen LogP contribution in [0.2, 0.25) is 0 Å². The van der Waals surface area contributed by atoms with Crippen LogP contribution in [0.25, 0.3) is 0 Å². The first-order chi connectivity index (χ1) is 12.7. The van der Waals surface area contributed by atoms with Crippen LogP contribution in [0.3, 0.4) is 0 Å². The molecule has 0 aliphatic heterocycles. The van der Waals surface area contributed by atoms with Crippen molar-refractivity contribution in [3.8, 4) is 0 Å². The molecule has 0 fully saturated rings. The van der Waals surface area contributed by atoms with Gasteiger partial charge in [0.25, 0.3) is 5.91 Å². The lowest BCUT2D eigenvalue weighted by atomic mass is 10.1. The zero-order valence-corrected chi connectivity index (χ0v) is 16.2. The van der Waals surface area contributed by atoms with E-state index in [0.29, 0.717) is 18.5 Å². The first-order valence-electron chi connectivity index (χ1n) is 8.54. The first-order valence-corrected chi connectivity index (χ1v) is 10.6. The van der Waals surface area contributed by atoms with Gasteiger partial charge < -0.3 is 10.1 Å². The fourth-order valence-corrected chi connectivity index (χ4v) is 3.24. The van der Waals surface area contributed by atoms with Crippen molar-refractivity contribution >= 4 is 21.7 Å². The van der Waals surface area contributed by atoms with Crippen LogP contribution in [-0.4, -0.2) is 39.2 Å². The van der Waals surface area contributed by atoms with Gasteiger partial charge in [0.15, 0.2) is 15.9 Å². The molecule has 2 aromatic rings. The molecule has 0 aliphatic rings. The highest BCUT2D eigenvalue weighted by Gasteiger charge is 2.18. The smallest absolute Gasteiger partial charge is 0.338 e. The average Bonchev–Trinajstić information content (AvgIpc) is 2.61. The molecule has 1 N–H and O–H groups in total. The molecular weight excluding hydrogens is 366 g/mol. The van der Waals surface area contributed by atoms with E-state index in [4.69, 9.17) is 4.74 Å². The van der Waals surface area contributed by atoms with Crippen LogP contribution in [0.4, 0.5) is 0 Å². The van der Waals surface area contributed by atoms with E-state index in [2.05, 4.69) is 5.32 Å². The number of hydrogen-bond acceptors (Lipinski definition) is 5. The lowest BCUT2D eigenvalue weighted by molar-refractivity contribution is -0.129. The summed E-state index contributed by atoms with van der Waals surface area (Å²) < 4.78 is 27.7. The standard InChI is InChI=1S/C20H23NO5S/c1-15(19(22)21-13-12-16-6-4-3-5-7-16)26-20(23)18-10-8-17(9-11-18)14-27(2,24)25/h3-11,15H,12-14H2,1-2H3,(H,21,22). The molecule has 1 atom stereocenters. The molecule has 0 saturated heterocycles. The van der Waals surface area contributed by atoms with Gasteiger partial charge in [-0.25, -0.2) is 13.2 Å². The number of ether oxygens (including phenoxy) is 1. The number of carbonyl (C=O) groups is 2. The third kappa shape index (κ3) is 7.22. The maximum absolute atomic E-state index is 12.1. The molecule has 7 heteroatoms. The van der Waals surface area contributed by atoms with E-state index >= 15 is 0 Å². The number of sulfone groups is 1. The van der Waals surface area contributed by atoms with Crippen LogP contribution in [-0.2, 0) is 31.5 Å². The SMILES string of the molecule is CC(OC(=O)c1ccc(CS(C)(=O)=O)cc1)C(=O)NCCc1ccccc1. The van der Waals surface area contributed by atoms with Crippen molar-refractivity contribution in [1.29, 1.82) is 0 Å². The minimum atomic E-state index is -3.14. The van der Waals surface area contributed by atoms with Crippen LogP contribution in [0, 0.1) is 0 Å². The molecule has 2 rings (SSSR count). The molecule has 2 aromatic carbocycles. The molecule has 0 aliphatic carbocycles. The summed E-state index contributed by atoms with van der Waals surface area (Å²) in [5.74, 6) is -1.10. The van der Waals surface area contributed by atoms with Crippen molar-refractivity contribution in [3.63, 3.8) is 0 Å². The summed E-state index contributed by atoms with van der Waals surface area (Å²) in [7, 11) is -3.14. The predicted molar refractivity (Wildman–Crippen MR) is 103 cm³/mol. The summed E-state index contributed by atoms with van der Waals surface area (Å²) in [5, 5.41) is 2.74. The number of nitrogens with one attached hydrogen (secondary N) is 1. The second-order valence-electron chi connectivity index (χ2n) is 6.34. The van der Waals surface area contributed by atoms with Gasteiger partial charge in [-0.3, -0.25) is 4.79 Å². The summed E-state index contributed by atoms with van der Waals surface area (Å²) >= 11 is 0. The quantitative estimate of drug-likeness (QED) is 0.699. The number of rotatable bonds is 8. The number of carbonyl (C=O) groups excluding carboxylic acids is 2. The topological polar surface area (TPSA) is 89.5 Å². The second-order valence-corrected chi connectivity index (χ2v) is 8.48. The van der Waals surface area contributed by atoms with Crippen molar-refractivity contribution in [2.45, 2.75) is 25.2 Å². The van der Waals surface area contributed by atoms with Gasteiger partial charge in [-0.1, -0.05) is 42.5 Å². The van der Waals surface area contributed by atoms with Gasteiger partial charge in [0, 0.05) is 12.8 Å². The Labute approximate surface area is 159 Å². The van der Waals surface area contributed by atoms with Crippen LogP contribution in [0.1, 0.15) is 28.4 Å². The Kier molecular flexibility index (Phi) is 7.12. The maximum atomic E-state index is 12.1. The molecule has 0 saturated carbocycles. The highest BCUT2D eigenvalue weighted by Crippen LogP contribution is 2.10. The zero-order valence-electron chi connectivity index (χ0n) is 15.3. The Morgan fingerprint density at radius 2 is 1.63 bits per heavy atom. The van der Waals surface area contributed by atoms with E-state index < -0.39 is 21.9 Å². The van der Waals surface area contributed by atoms with Crippen molar-refractivity contribution in [3.05, 3.63) is 71.3 Å². The molecular formula is C20H23NO5S. The second kappa shape index (κ2) is 9.32. The molecule has 0 radical (unpaired) electrons. The zero-order chi connectivity index (χ0) is 19.9. The molecule has 27 heavy (non-hydrogen) atoms. The molecule has 6 nitrogen and oxygen atoms in total. The fourth-order valence-electron chi connectivity index (χ4n) is 2.44. The Hall–Kier alpha value is -2.67. The largest absolute Gasteiger partial charge is 0.449 e. The van der Waals surface area contributed by atoms with E-state index in [1.807, 2.05) is 30.3 Å². The van der Waals surface area contributed by atoms with E-state index in [-0.39, 0.29) is 17.2 Å². The highest BCUT2D eigenvalue weighted by molar-refractivity contribution is 7.89. The Morgan fingerprint density at radius 1 is 1.00 bits per heavy atom. The maximum Gasteiger partial charge on any atom is 0.338 e. The highest BCUT2D eigenvalue weighted by atomic mass is 32.2. The minimum absolute atomic E-state index is 0.0947. The summed E-state index contributed by atoms with van der Waals surface area (Å²) in [6.45, 7) is 1.96. The number of benzene rings is 2. The average molecular weight is 389 g/mol. The lowest BCUT2D eigenvalue weighted by Gasteiger charge is -2.13. The molecule has 1 unspecified atom stereocenters. The lowest BCUT2D eigenvalue weighted by Crippen LogP contribution is -2.36. The predicted octanol–water partition coefficient (Wildman–Crippen LogP) is 2.14. The van der Waals surface area contributed by atoms with E-state index in [1.54, 1.807) is 12.1 Å². The Balaban J connectivity index is 1.82. The van der Waals surface area contributed by atoms with E-state index in [1.165, 1.54) is 19.1 Å². The van der Waals surface area contributed by atoms with Gasteiger partial charge in [0.2, 0.25) is 0 Å². The third-order valence-corrected chi connectivity index (χ3v) is 4.68. The Morgan fingerprint density at radius 3 is 2.22 bits per heavy atom. The van der Waals surface area contributed by atoms with E-state index in [9.17, 15) is 18.0 Å². The van der Waals surface area contributed by atoms with Gasteiger partial charge in [-0.2, -0.15) is 0 Å². The number of hydrogen-bond donors (Lipinski definition) is 1. The fraction of sp³-hybridized carbons (Fsp3) is 0.300. The van der Waals surface area contributed by atoms with Crippen molar-refractivity contribution in [1.82, 2.24) is 5.32 Å². The van der Waals surface area contributed by atoms with E-state index in [0.717, 1.165) is 11.8 Å². The summed E-state index contributed by atoms with van der Waals surface area (Å²) in [6.07, 6.45) is 0.909. The number of amides is 1. The van der Waals surface area contributed by atoms with Gasteiger partial charge in [-0.15, -0.1) is 0 Å². The van der Waals surface area contributed by atoms with Crippen LogP contribution in [0.15, 0.2) is 54.6 Å². The van der Waals surface area contributed by atoms with Gasteiger partial charge >= 0.3 is 5.97 Å². The molecule has 0 bridgehead atoms. The first kappa shape index (κ1) is 20.6. The Bertz CT molecular complexity index is 876. The molecule has 0 spiro atoms. The molecule has 0 aromatic heterocycles. The van der Waals surface area contributed by atoms with Crippen LogP contribution >= 0.6 is 0 Å². The van der Waals surface area contributed by atoms with Crippen LogP contribution in [0.5, 0.6) is 0 Å². The minimum Gasteiger partial charge on any atom is -0.449 e. The van der Waals surface area contributed by atoms with Gasteiger partial charge in [0.1, 0.15) is 0 Å². The van der Waals surface area contributed by atoms with Gasteiger partial charge in [-0.05, 0) is 36.6 Å². The molecule has 1 amide bonds. The molecule has 0 heterocycles. The summed E-state index contributed by atoms with van der Waals surface area (Å²) in [5.41, 5.74) is 1.95. The molecule has 144 valence electrons. The van der Waals surface area contributed by atoms with Gasteiger partial charge in [0.05, 0.1) is 11.3 Å².